The van der Waals surface area contributed by atoms with Crippen LogP contribution in [0.4, 0.5) is 4.79 Å². The average molecular weight is 263 g/mol. The number of carbonyl (C=O) groups is 2. The molecule has 0 radical (unpaired) electrons. The number of alkyl carbamates (subject to hydrolysis) is 1. The number of hydrogen-bond donors (Lipinski definition) is 1. The topological polar surface area (TPSA) is 55.4 Å². The summed E-state index contributed by atoms with van der Waals surface area (Å²) < 4.78 is 5.05. The second-order valence-electron chi connectivity index (χ2n) is 5.56. The summed E-state index contributed by atoms with van der Waals surface area (Å²) in [5.74, 6) is -0.0466. The lowest BCUT2D eigenvalue weighted by Crippen LogP contribution is -2.35. The normalized spacial score (nSPS) is 10.9. The number of hydrogen-bond acceptors (Lipinski definition) is 3. The number of nitrogens with one attached hydrogen (secondary N) is 1. The Morgan fingerprint density at radius 1 is 1.16 bits per heavy atom. The van der Waals surface area contributed by atoms with E-state index in [9.17, 15) is 9.59 Å². The Kier molecular flexibility index (Phi) is 5.10. The number of rotatable bonds is 4. The minimum atomic E-state index is -0.565. The molecular weight excluding hydrogens is 242 g/mol. The Balaban J connectivity index is 2.36. The van der Waals surface area contributed by atoms with Crippen molar-refractivity contribution in [2.24, 2.45) is 0 Å². The molecule has 4 heteroatoms. The van der Waals surface area contributed by atoms with Gasteiger partial charge in [-0.1, -0.05) is 29.8 Å². The van der Waals surface area contributed by atoms with E-state index in [1.54, 1.807) is 20.8 Å². The minimum absolute atomic E-state index is 0.0111. The van der Waals surface area contributed by atoms with E-state index in [2.05, 4.69) is 5.32 Å². The summed E-state index contributed by atoms with van der Waals surface area (Å²) in [6.07, 6.45) is -0.249. The van der Waals surface area contributed by atoms with Gasteiger partial charge in [0.2, 0.25) is 0 Å². The number of Topliss-reactive ketones (excluding diaryl/α,β-unsaturated/α-hetero) is 1. The number of carbonyl (C=O) groups excluding carboxylic acids is 2. The number of amides is 1. The van der Waals surface area contributed by atoms with Gasteiger partial charge in [0.05, 0.1) is 6.54 Å². The zero-order valence-corrected chi connectivity index (χ0v) is 11.9. The Morgan fingerprint density at radius 3 is 2.26 bits per heavy atom. The van der Waals surface area contributed by atoms with Gasteiger partial charge in [-0.25, -0.2) is 4.79 Å². The number of aryl methyl sites for hydroxylation is 1. The van der Waals surface area contributed by atoms with E-state index in [0.29, 0.717) is 6.42 Å². The predicted octanol–water partition coefficient (Wildman–Crippen LogP) is 2.63. The molecule has 0 heterocycles. The molecule has 4 nitrogen and oxygen atoms in total. The van der Waals surface area contributed by atoms with Gasteiger partial charge in [-0.2, -0.15) is 0 Å². The molecule has 0 aromatic heterocycles. The summed E-state index contributed by atoms with van der Waals surface area (Å²) in [5.41, 5.74) is 1.55. The van der Waals surface area contributed by atoms with Gasteiger partial charge in [-0.15, -0.1) is 0 Å². The molecule has 104 valence electrons. The Morgan fingerprint density at radius 2 is 1.74 bits per heavy atom. The van der Waals surface area contributed by atoms with Crippen molar-refractivity contribution in [1.82, 2.24) is 5.32 Å². The molecule has 0 saturated carbocycles. The first kappa shape index (κ1) is 15.2. The molecule has 1 rings (SSSR count). The second kappa shape index (κ2) is 6.36. The molecule has 0 atom stereocenters. The summed E-state index contributed by atoms with van der Waals surface area (Å²) in [6.45, 7) is 7.32. The van der Waals surface area contributed by atoms with Crippen molar-refractivity contribution in [3.63, 3.8) is 0 Å². The van der Waals surface area contributed by atoms with E-state index in [0.717, 1.165) is 11.1 Å². The molecule has 0 aliphatic rings. The first-order chi connectivity index (χ1) is 8.76. The van der Waals surface area contributed by atoms with E-state index >= 15 is 0 Å². The lowest BCUT2D eigenvalue weighted by molar-refractivity contribution is -0.117. The van der Waals surface area contributed by atoms with Crippen molar-refractivity contribution >= 4 is 11.9 Å². The van der Waals surface area contributed by atoms with Crippen LogP contribution in [-0.2, 0) is 16.0 Å². The minimum Gasteiger partial charge on any atom is -0.444 e. The van der Waals surface area contributed by atoms with Crippen molar-refractivity contribution < 1.29 is 14.3 Å². The summed E-state index contributed by atoms with van der Waals surface area (Å²) in [5, 5.41) is 2.46. The summed E-state index contributed by atoms with van der Waals surface area (Å²) in [4.78, 5) is 23.1. The van der Waals surface area contributed by atoms with Gasteiger partial charge in [-0.3, -0.25) is 4.79 Å². The zero-order valence-electron chi connectivity index (χ0n) is 11.9. The lowest BCUT2D eigenvalue weighted by Gasteiger charge is -2.19. The highest BCUT2D eigenvalue weighted by Crippen LogP contribution is 2.06. The predicted molar refractivity (Wildman–Crippen MR) is 74.1 cm³/mol. The Bertz CT molecular complexity index is 443. The van der Waals surface area contributed by atoms with Crippen molar-refractivity contribution in [2.75, 3.05) is 6.54 Å². The molecule has 0 aliphatic carbocycles. The molecule has 1 aromatic carbocycles. The van der Waals surface area contributed by atoms with E-state index in [1.165, 1.54) is 0 Å². The fraction of sp³-hybridized carbons (Fsp3) is 0.467. The van der Waals surface area contributed by atoms with Crippen LogP contribution in [0.15, 0.2) is 24.3 Å². The molecular formula is C15H21NO3. The summed E-state index contributed by atoms with van der Waals surface area (Å²) in [7, 11) is 0. The quantitative estimate of drug-likeness (QED) is 0.908. The van der Waals surface area contributed by atoms with Crippen LogP contribution in [0.2, 0.25) is 0 Å². The third kappa shape index (κ3) is 6.60. The third-order valence-corrected chi connectivity index (χ3v) is 2.35. The maximum atomic E-state index is 11.7. The third-order valence-electron chi connectivity index (χ3n) is 2.35. The Labute approximate surface area is 114 Å². The van der Waals surface area contributed by atoms with Crippen LogP contribution in [0.5, 0.6) is 0 Å². The molecule has 0 saturated heterocycles. The molecule has 0 aliphatic heterocycles. The van der Waals surface area contributed by atoms with Crippen LogP contribution in [-0.4, -0.2) is 24.0 Å². The summed E-state index contributed by atoms with van der Waals surface area (Å²) >= 11 is 0. The number of ketones is 1. The molecule has 0 spiro atoms. The smallest absolute Gasteiger partial charge is 0.408 e. The highest BCUT2D eigenvalue weighted by Gasteiger charge is 2.16. The van der Waals surface area contributed by atoms with Crippen LogP contribution in [0, 0.1) is 6.92 Å². The largest absolute Gasteiger partial charge is 0.444 e. The zero-order chi connectivity index (χ0) is 14.5. The molecule has 0 bridgehead atoms. The van der Waals surface area contributed by atoms with Gasteiger partial charge in [-0.05, 0) is 33.3 Å². The fourth-order valence-corrected chi connectivity index (χ4v) is 1.48. The molecule has 0 fully saturated rings. The van der Waals surface area contributed by atoms with Gasteiger partial charge < -0.3 is 10.1 Å². The van der Waals surface area contributed by atoms with Gasteiger partial charge in [0.25, 0.3) is 0 Å². The van der Waals surface area contributed by atoms with E-state index < -0.39 is 11.7 Å². The van der Waals surface area contributed by atoms with Crippen LogP contribution in [0.3, 0.4) is 0 Å². The van der Waals surface area contributed by atoms with Gasteiger partial charge in [0, 0.05) is 6.42 Å². The number of ether oxygens (including phenoxy) is 1. The maximum Gasteiger partial charge on any atom is 0.408 e. The second-order valence-corrected chi connectivity index (χ2v) is 5.56. The SMILES string of the molecule is Cc1ccc(CC(=O)CNC(=O)OC(C)(C)C)cc1. The van der Waals surface area contributed by atoms with Gasteiger partial charge in [0.1, 0.15) is 5.60 Å². The average Bonchev–Trinajstić information content (AvgIpc) is 2.27. The van der Waals surface area contributed by atoms with Crippen molar-refractivity contribution in [2.45, 2.75) is 39.7 Å². The highest BCUT2D eigenvalue weighted by molar-refractivity contribution is 5.85. The molecule has 1 amide bonds. The van der Waals surface area contributed by atoms with E-state index in [4.69, 9.17) is 4.74 Å². The van der Waals surface area contributed by atoms with Crippen LogP contribution < -0.4 is 5.32 Å². The standard InChI is InChI=1S/C15H21NO3/c1-11-5-7-12(8-6-11)9-13(17)10-16-14(18)19-15(2,3)4/h5-8H,9-10H2,1-4H3,(H,16,18). The fourth-order valence-electron chi connectivity index (χ4n) is 1.48. The van der Waals surface area contributed by atoms with Crippen LogP contribution in [0.25, 0.3) is 0 Å². The number of benzene rings is 1. The van der Waals surface area contributed by atoms with E-state index in [-0.39, 0.29) is 12.3 Å². The van der Waals surface area contributed by atoms with Crippen molar-refractivity contribution in [3.05, 3.63) is 35.4 Å². The van der Waals surface area contributed by atoms with Crippen LogP contribution >= 0.6 is 0 Å². The van der Waals surface area contributed by atoms with Gasteiger partial charge >= 0.3 is 6.09 Å². The van der Waals surface area contributed by atoms with E-state index in [1.807, 2.05) is 31.2 Å². The first-order valence-electron chi connectivity index (χ1n) is 6.30. The molecule has 1 N–H and O–H groups in total. The summed E-state index contributed by atoms with van der Waals surface area (Å²) in [6, 6.07) is 7.76. The molecule has 19 heavy (non-hydrogen) atoms. The lowest BCUT2D eigenvalue weighted by atomic mass is 10.1. The maximum absolute atomic E-state index is 11.7. The molecule has 1 aromatic rings. The molecule has 0 unspecified atom stereocenters. The Hall–Kier alpha value is -1.84. The first-order valence-corrected chi connectivity index (χ1v) is 6.30. The van der Waals surface area contributed by atoms with Gasteiger partial charge in [0.15, 0.2) is 5.78 Å². The van der Waals surface area contributed by atoms with Crippen molar-refractivity contribution in [1.29, 1.82) is 0 Å². The van der Waals surface area contributed by atoms with Crippen molar-refractivity contribution in [3.8, 4) is 0 Å². The van der Waals surface area contributed by atoms with Crippen LogP contribution in [0.1, 0.15) is 31.9 Å². The highest BCUT2D eigenvalue weighted by atomic mass is 16.6. The monoisotopic (exact) mass is 263 g/mol.